The molecule has 0 saturated heterocycles. The molecule has 1 heterocycles. The fourth-order valence-electron chi connectivity index (χ4n) is 1.23. The van der Waals surface area contributed by atoms with Crippen molar-refractivity contribution in [1.29, 1.82) is 0 Å². The number of amides is 1. The van der Waals surface area contributed by atoms with Crippen LogP contribution in [0.15, 0.2) is 6.58 Å². The minimum atomic E-state index is -0.529. The van der Waals surface area contributed by atoms with E-state index >= 15 is 0 Å². The van der Waals surface area contributed by atoms with E-state index in [0.29, 0.717) is 11.0 Å². The number of rotatable bonds is 3. The SMILES string of the molecule is C=C(CCl)c1sc(NC(=O)OC(C)(C)C)nc1C. The summed E-state index contributed by atoms with van der Waals surface area (Å²) < 4.78 is 5.15. The molecule has 0 bridgehead atoms. The van der Waals surface area contributed by atoms with Crippen molar-refractivity contribution in [2.24, 2.45) is 0 Å². The van der Waals surface area contributed by atoms with Crippen molar-refractivity contribution >= 4 is 39.7 Å². The largest absolute Gasteiger partial charge is 0.444 e. The molecule has 0 aromatic carbocycles. The lowest BCUT2D eigenvalue weighted by molar-refractivity contribution is 0.0636. The molecule has 1 aromatic rings. The Kier molecular flexibility index (Phi) is 4.76. The number of nitrogens with zero attached hydrogens (tertiary/aromatic N) is 1. The molecule has 0 saturated carbocycles. The Labute approximate surface area is 116 Å². The van der Waals surface area contributed by atoms with Gasteiger partial charge in [-0.15, -0.1) is 11.6 Å². The Hall–Kier alpha value is -1.07. The van der Waals surface area contributed by atoms with Crippen LogP contribution in [-0.2, 0) is 4.74 Å². The highest BCUT2D eigenvalue weighted by molar-refractivity contribution is 7.17. The lowest BCUT2D eigenvalue weighted by Gasteiger charge is -2.18. The van der Waals surface area contributed by atoms with Crippen molar-refractivity contribution in [2.45, 2.75) is 33.3 Å². The fraction of sp³-hybridized carbons (Fsp3) is 0.500. The zero-order valence-corrected chi connectivity index (χ0v) is 12.5. The summed E-state index contributed by atoms with van der Waals surface area (Å²) >= 11 is 7.07. The highest BCUT2D eigenvalue weighted by Gasteiger charge is 2.18. The van der Waals surface area contributed by atoms with Gasteiger partial charge in [-0.3, -0.25) is 5.32 Å². The van der Waals surface area contributed by atoms with Crippen LogP contribution in [0, 0.1) is 6.92 Å². The van der Waals surface area contributed by atoms with Crippen LogP contribution in [0.3, 0.4) is 0 Å². The molecule has 6 heteroatoms. The molecule has 1 amide bonds. The molecule has 0 spiro atoms. The standard InChI is InChI=1S/C12H17ClN2O2S/c1-7(6-13)9-8(2)14-10(18-9)15-11(16)17-12(3,4)5/h1,6H2,2-5H3,(H,14,15,16). The average Bonchev–Trinajstić information content (AvgIpc) is 2.55. The maximum Gasteiger partial charge on any atom is 0.413 e. The van der Waals surface area contributed by atoms with Crippen LogP contribution in [0.1, 0.15) is 31.3 Å². The molecule has 0 atom stereocenters. The summed E-state index contributed by atoms with van der Waals surface area (Å²) in [5.74, 6) is 0.342. The minimum Gasteiger partial charge on any atom is -0.444 e. The van der Waals surface area contributed by atoms with Crippen LogP contribution >= 0.6 is 22.9 Å². The molecule has 18 heavy (non-hydrogen) atoms. The summed E-state index contributed by atoms with van der Waals surface area (Å²) in [6.45, 7) is 11.1. The average molecular weight is 289 g/mol. The van der Waals surface area contributed by atoms with Crippen LogP contribution in [0.5, 0.6) is 0 Å². The van der Waals surface area contributed by atoms with E-state index in [0.717, 1.165) is 16.1 Å². The molecule has 100 valence electrons. The molecular weight excluding hydrogens is 272 g/mol. The van der Waals surface area contributed by atoms with Gasteiger partial charge < -0.3 is 4.74 Å². The molecule has 1 N–H and O–H groups in total. The van der Waals surface area contributed by atoms with E-state index in [-0.39, 0.29) is 0 Å². The Balaban J connectivity index is 2.75. The number of anilines is 1. The number of nitrogens with one attached hydrogen (secondary N) is 1. The van der Waals surface area contributed by atoms with Crippen molar-refractivity contribution in [1.82, 2.24) is 4.98 Å². The first-order valence-electron chi connectivity index (χ1n) is 5.44. The number of carbonyl (C=O) groups is 1. The van der Waals surface area contributed by atoms with Gasteiger partial charge in [0.05, 0.1) is 10.6 Å². The predicted molar refractivity (Wildman–Crippen MR) is 76.5 cm³/mol. The predicted octanol–water partition coefficient (Wildman–Crippen LogP) is 4.05. The maximum atomic E-state index is 11.6. The van der Waals surface area contributed by atoms with Crippen LogP contribution in [0.4, 0.5) is 9.93 Å². The summed E-state index contributed by atoms with van der Waals surface area (Å²) in [6, 6.07) is 0. The first-order chi connectivity index (χ1) is 8.23. The van der Waals surface area contributed by atoms with Gasteiger partial charge in [0, 0.05) is 5.88 Å². The van der Waals surface area contributed by atoms with Gasteiger partial charge in [-0.2, -0.15) is 0 Å². The first-order valence-corrected chi connectivity index (χ1v) is 6.79. The van der Waals surface area contributed by atoms with Crippen LogP contribution in [0.2, 0.25) is 0 Å². The van der Waals surface area contributed by atoms with Crippen molar-refractivity contribution in [3.8, 4) is 0 Å². The van der Waals surface area contributed by atoms with Crippen LogP contribution in [0.25, 0.3) is 5.57 Å². The second kappa shape index (κ2) is 5.71. The third-order valence-electron chi connectivity index (χ3n) is 1.89. The summed E-state index contributed by atoms with van der Waals surface area (Å²) in [6.07, 6.45) is -0.515. The van der Waals surface area contributed by atoms with E-state index in [1.54, 1.807) is 20.8 Å². The second-order valence-corrected chi connectivity index (χ2v) is 6.06. The number of alkyl halides is 1. The van der Waals surface area contributed by atoms with Crippen molar-refractivity contribution in [3.63, 3.8) is 0 Å². The van der Waals surface area contributed by atoms with Crippen molar-refractivity contribution in [2.75, 3.05) is 11.2 Å². The molecular formula is C12H17ClN2O2S. The Morgan fingerprint density at radius 1 is 1.56 bits per heavy atom. The molecule has 0 radical (unpaired) electrons. The number of aryl methyl sites for hydroxylation is 1. The number of halogens is 1. The normalized spacial score (nSPS) is 11.2. The topological polar surface area (TPSA) is 51.2 Å². The molecule has 0 aliphatic carbocycles. The Morgan fingerprint density at radius 2 is 2.17 bits per heavy atom. The summed E-state index contributed by atoms with van der Waals surface area (Å²) in [5.41, 5.74) is 1.07. The smallest absolute Gasteiger partial charge is 0.413 e. The van der Waals surface area contributed by atoms with E-state index in [4.69, 9.17) is 16.3 Å². The van der Waals surface area contributed by atoms with Gasteiger partial charge in [0.1, 0.15) is 5.60 Å². The Morgan fingerprint density at radius 3 is 2.67 bits per heavy atom. The third kappa shape index (κ3) is 4.31. The molecule has 1 rings (SSSR count). The quantitative estimate of drug-likeness (QED) is 0.854. The molecule has 0 aliphatic heterocycles. The fourth-order valence-corrected chi connectivity index (χ4v) is 2.36. The van der Waals surface area contributed by atoms with Gasteiger partial charge in [-0.25, -0.2) is 9.78 Å². The van der Waals surface area contributed by atoms with E-state index in [2.05, 4.69) is 16.9 Å². The summed E-state index contributed by atoms with van der Waals surface area (Å²) in [4.78, 5) is 16.7. The molecule has 0 unspecified atom stereocenters. The van der Waals surface area contributed by atoms with Crippen molar-refractivity contribution in [3.05, 3.63) is 17.2 Å². The number of aromatic nitrogens is 1. The zero-order chi connectivity index (χ0) is 13.9. The number of thiazole rings is 1. The molecule has 0 fully saturated rings. The molecule has 4 nitrogen and oxygen atoms in total. The van der Waals surface area contributed by atoms with Gasteiger partial charge in [0.15, 0.2) is 5.13 Å². The number of ether oxygens (including phenoxy) is 1. The van der Waals surface area contributed by atoms with Gasteiger partial charge in [-0.05, 0) is 33.3 Å². The summed E-state index contributed by atoms with van der Waals surface area (Å²) in [7, 11) is 0. The van der Waals surface area contributed by atoms with Crippen LogP contribution in [-0.4, -0.2) is 22.6 Å². The second-order valence-electron chi connectivity index (χ2n) is 4.80. The highest BCUT2D eigenvalue weighted by Crippen LogP contribution is 2.29. The van der Waals surface area contributed by atoms with E-state index in [9.17, 15) is 4.79 Å². The maximum absolute atomic E-state index is 11.6. The Bertz CT molecular complexity index is 463. The van der Waals surface area contributed by atoms with E-state index < -0.39 is 11.7 Å². The van der Waals surface area contributed by atoms with Gasteiger partial charge >= 0.3 is 6.09 Å². The van der Waals surface area contributed by atoms with E-state index in [1.807, 2.05) is 6.92 Å². The number of hydrogen-bond acceptors (Lipinski definition) is 4. The van der Waals surface area contributed by atoms with E-state index in [1.165, 1.54) is 11.3 Å². The van der Waals surface area contributed by atoms with Crippen molar-refractivity contribution < 1.29 is 9.53 Å². The first kappa shape index (κ1) is 15.0. The van der Waals surface area contributed by atoms with Gasteiger partial charge in [-0.1, -0.05) is 17.9 Å². The van der Waals surface area contributed by atoms with Crippen LogP contribution < -0.4 is 5.32 Å². The molecule has 1 aromatic heterocycles. The number of carbonyl (C=O) groups excluding carboxylic acids is 1. The van der Waals surface area contributed by atoms with Gasteiger partial charge in [0.2, 0.25) is 0 Å². The minimum absolute atomic E-state index is 0.342. The third-order valence-corrected chi connectivity index (χ3v) is 3.38. The lowest BCUT2D eigenvalue weighted by atomic mass is 10.2. The molecule has 0 aliphatic rings. The highest BCUT2D eigenvalue weighted by atomic mass is 35.5. The monoisotopic (exact) mass is 288 g/mol. The number of hydrogen-bond donors (Lipinski definition) is 1. The zero-order valence-electron chi connectivity index (χ0n) is 11.0. The lowest BCUT2D eigenvalue weighted by Crippen LogP contribution is -2.27. The van der Waals surface area contributed by atoms with Gasteiger partial charge in [0.25, 0.3) is 0 Å². The number of allylic oxidation sites excluding steroid dienone is 1. The summed E-state index contributed by atoms with van der Waals surface area (Å²) in [5, 5.41) is 3.09.